The number of H-pyrrole nitrogens is 2. The predicted octanol–water partition coefficient (Wildman–Crippen LogP) is 3.61. The van der Waals surface area contributed by atoms with Crippen molar-refractivity contribution in [1.82, 2.24) is 15.2 Å². The van der Waals surface area contributed by atoms with Crippen molar-refractivity contribution in [3.63, 3.8) is 0 Å². The van der Waals surface area contributed by atoms with Crippen LogP contribution in [-0.4, -0.2) is 27.6 Å². The van der Waals surface area contributed by atoms with E-state index in [1.54, 1.807) is 6.20 Å². The zero-order valence-electron chi connectivity index (χ0n) is 12.6. The minimum atomic E-state index is -0.0760. The van der Waals surface area contributed by atoms with Crippen LogP contribution in [0.1, 0.15) is 16.1 Å². The molecule has 2 aromatic heterocycles. The van der Waals surface area contributed by atoms with Crippen molar-refractivity contribution in [3.8, 4) is 5.75 Å². The number of hydrogen-bond donors (Lipinski definition) is 2. The number of aryl methyl sites for hydroxylation is 1. The Hall–Kier alpha value is -3.08. The second-order valence-electron chi connectivity index (χ2n) is 5.56. The van der Waals surface area contributed by atoms with Crippen molar-refractivity contribution in [2.24, 2.45) is 0 Å². The molecule has 0 saturated heterocycles. The number of Topliss-reactive ketones (excluding diaryl/α,β-unsaturated/α-hetero) is 1. The minimum Gasteiger partial charge on any atom is -0.485 e. The summed E-state index contributed by atoms with van der Waals surface area (Å²) < 4.78 is 5.72. The van der Waals surface area contributed by atoms with Gasteiger partial charge in [0.15, 0.2) is 6.61 Å². The van der Waals surface area contributed by atoms with Crippen LogP contribution in [0, 0.1) is 6.92 Å². The Morgan fingerprint density at radius 2 is 2.00 bits per heavy atom. The van der Waals surface area contributed by atoms with Crippen LogP contribution in [0.3, 0.4) is 0 Å². The molecule has 2 N–H and O–H groups in total. The lowest BCUT2D eigenvalue weighted by Crippen LogP contribution is -2.12. The molecule has 0 spiro atoms. The standard InChI is InChI=1S/C18H15N3O2/c1-11-6-15-13(9-19-21-15)8-18(11)23-10-17(22)16-7-12-4-2-3-5-14(12)20-16/h2-9,20H,10H2,1H3,(H,19,21). The molecular weight excluding hydrogens is 290 g/mol. The summed E-state index contributed by atoms with van der Waals surface area (Å²) in [4.78, 5) is 15.5. The maximum atomic E-state index is 12.3. The summed E-state index contributed by atoms with van der Waals surface area (Å²) in [5, 5.41) is 8.90. The maximum absolute atomic E-state index is 12.3. The van der Waals surface area contributed by atoms with Gasteiger partial charge in [0.1, 0.15) is 5.75 Å². The molecule has 0 fully saturated rings. The fourth-order valence-electron chi connectivity index (χ4n) is 2.68. The number of nitrogens with one attached hydrogen (secondary N) is 2. The van der Waals surface area contributed by atoms with Crippen LogP contribution in [-0.2, 0) is 0 Å². The molecule has 4 rings (SSSR count). The first-order chi connectivity index (χ1) is 11.2. The second-order valence-corrected chi connectivity index (χ2v) is 5.56. The van der Waals surface area contributed by atoms with Gasteiger partial charge in [-0.2, -0.15) is 5.10 Å². The number of carbonyl (C=O) groups is 1. The Kier molecular flexibility index (Phi) is 3.12. The van der Waals surface area contributed by atoms with Gasteiger partial charge in [0.25, 0.3) is 0 Å². The van der Waals surface area contributed by atoms with Gasteiger partial charge in [-0.1, -0.05) is 18.2 Å². The molecule has 0 unspecified atom stereocenters. The van der Waals surface area contributed by atoms with Crippen LogP contribution in [0.4, 0.5) is 0 Å². The van der Waals surface area contributed by atoms with Gasteiger partial charge in [0, 0.05) is 16.3 Å². The third-order valence-corrected chi connectivity index (χ3v) is 3.92. The molecule has 0 radical (unpaired) electrons. The second kappa shape index (κ2) is 5.28. The summed E-state index contributed by atoms with van der Waals surface area (Å²) in [6.45, 7) is 1.94. The van der Waals surface area contributed by atoms with E-state index in [0.29, 0.717) is 11.4 Å². The first kappa shape index (κ1) is 13.6. The average Bonchev–Trinajstić information content (AvgIpc) is 3.18. The van der Waals surface area contributed by atoms with E-state index in [1.165, 1.54) is 0 Å². The van der Waals surface area contributed by atoms with E-state index in [2.05, 4.69) is 15.2 Å². The molecule has 0 aliphatic heterocycles. The Balaban J connectivity index is 1.55. The lowest BCUT2D eigenvalue weighted by atomic mass is 10.1. The predicted molar refractivity (Wildman–Crippen MR) is 89.0 cm³/mol. The van der Waals surface area contributed by atoms with Crippen LogP contribution in [0.25, 0.3) is 21.8 Å². The summed E-state index contributed by atoms with van der Waals surface area (Å²) in [5.41, 5.74) is 3.43. The van der Waals surface area contributed by atoms with E-state index in [-0.39, 0.29) is 12.4 Å². The molecular formula is C18H15N3O2. The number of para-hydroxylation sites is 1. The number of aromatic amines is 2. The van der Waals surface area contributed by atoms with E-state index < -0.39 is 0 Å². The molecule has 4 aromatic rings. The number of ether oxygens (including phenoxy) is 1. The maximum Gasteiger partial charge on any atom is 0.216 e. The summed E-state index contributed by atoms with van der Waals surface area (Å²) in [6, 6.07) is 13.5. The number of aromatic nitrogens is 3. The molecule has 0 amide bonds. The fourth-order valence-corrected chi connectivity index (χ4v) is 2.68. The Bertz CT molecular complexity index is 980. The third kappa shape index (κ3) is 2.46. The molecule has 0 aliphatic carbocycles. The molecule has 2 heterocycles. The largest absolute Gasteiger partial charge is 0.485 e. The molecule has 0 atom stereocenters. The lowest BCUT2D eigenvalue weighted by Gasteiger charge is -2.08. The number of fused-ring (bicyclic) bond motifs is 2. The highest BCUT2D eigenvalue weighted by atomic mass is 16.5. The number of rotatable bonds is 4. The highest BCUT2D eigenvalue weighted by Gasteiger charge is 2.12. The van der Waals surface area contributed by atoms with Gasteiger partial charge in [-0.3, -0.25) is 9.89 Å². The van der Waals surface area contributed by atoms with Crippen molar-refractivity contribution < 1.29 is 9.53 Å². The van der Waals surface area contributed by atoms with Gasteiger partial charge in [-0.05, 0) is 36.8 Å². The zero-order valence-corrected chi connectivity index (χ0v) is 12.6. The Labute approximate surface area is 132 Å². The van der Waals surface area contributed by atoms with Gasteiger partial charge in [0.2, 0.25) is 5.78 Å². The molecule has 0 bridgehead atoms. The minimum absolute atomic E-state index is 0.00296. The van der Waals surface area contributed by atoms with Crippen LogP contribution < -0.4 is 4.74 Å². The van der Waals surface area contributed by atoms with Crippen LogP contribution in [0.5, 0.6) is 5.75 Å². The van der Waals surface area contributed by atoms with Crippen molar-refractivity contribution in [3.05, 3.63) is 59.9 Å². The molecule has 5 heteroatoms. The monoisotopic (exact) mass is 305 g/mol. The topological polar surface area (TPSA) is 70.8 Å². The number of ketones is 1. The zero-order chi connectivity index (χ0) is 15.8. The van der Waals surface area contributed by atoms with Crippen LogP contribution >= 0.6 is 0 Å². The molecule has 0 aliphatic rings. The van der Waals surface area contributed by atoms with E-state index >= 15 is 0 Å². The number of nitrogens with zero attached hydrogens (tertiary/aromatic N) is 1. The Morgan fingerprint density at radius 3 is 2.87 bits per heavy atom. The number of hydrogen-bond acceptors (Lipinski definition) is 3. The molecule has 5 nitrogen and oxygen atoms in total. The summed E-state index contributed by atoms with van der Waals surface area (Å²) in [7, 11) is 0. The summed E-state index contributed by atoms with van der Waals surface area (Å²) >= 11 is 0. The van der Waals surface area contributed by atoms with Gasteiger partial charge >= 0.3 is 0 Å². The van der Waals surface area contributed by atoms with Gasteiger partial charge in [-0.25, -0.2) is 0 Å². The number of benzene rings is 2. The highest BCUT2D eigenvalue weighted by molar-refractivity contribution is 6.00. The molecule has 114 valence electrons. The molecule has 2 aromatic carbocycles. The highest BCUT2D eigenvalue weighted by Crippen LogP contribution is 2.24. The normalized spacial score (nSPS) is 11.2. The first-order valence-corrected chi connectivity index (χ1v) is 7.38. The molecule has 23 heavy (non-hydrogen) atoms. The van der Waals surface area contributed by atoms with Crippen LogP contribution in [0.2, 0.25) is 0 Å². The van der Waals surface area contributed by atoms with E-state index in [0.717, 1.165) is 27.4 Å². The SMILES string of the molecule is Cc1cc2[nH]ncc2cc1OCC(=O)c1cc2ccccc2[nH]1. The quantitative estimate of drug-likeness (QED) is 0.566. The third-order valence-electron chi connectivity index (χ3n) is 3.92. The lowest BCUT2D eigenvalue weighted by molar-refractivity contribution is 0.0917. The van der Waals surface area contributed by atoms with Crippen molar-refractivity contribution in [2.45, 2.75) is 6.92 Å². The summed E-state index contributed by atoms with van der Waals surface area (Å²) in [5.74, 6) is 0.622. The van der Waals surface area contributed by atoms with E-state index in [1.807, 2.05) is 49.4 Å². The van der Waals surface area contributed by atoms with Gasteiger partial charge < -0.3 is 9.72 Å². The van der Waals surface area contributed by atoms with Gasteiger partial charge in [-0.15, -0.1) is 0 Å². The molecule has 0 saturated carbocycles. The van der Waals surface area contributed by atoms with Crippen molar-refractivity contribution >= 4 is 27.6 Å². The van der Waals surface area contributed by atoms with Crippen LogP contribution in [0.15, 0.2) is 48.7 Å². The van der Waals surface area contributed by atoms with Crippen molar-refractivity contribution in [1.29, 1.82) is 0 Å². The summed E-state index contributed by atoms with van der Waals surface area (Å²) in [6.07, 6.45) is 1.74. The smallest absolute Gasteiger partial charge is 0.216 e. The Morgan fingerprint density at radius 1 is 1.13 bits per heavy atom. The fraction of sp³-hybridized carbons (Fsp3) is 0.111. The van der Waals surface area contributed by atoms with Crippen molar-refractivity contribution in [2.75, 3.05) is 6.61 Å². The van der Waals surface area contributed by atoms with E-state index in [9.17, 15) is 4.79 Å². The average molecular weight is 305 g/mol. The first-order valence-electron chi connectivity index (χ1n) is 7.38. The van der Waals surface area contributed by atoms with E-state index in [4.69, 9.17) is 4.74 Å². The van der Waals surface area contributed by atoms with Gasteiger partial charge in [0.05, 0.1) is 17.4 Å². The number of carbonyl (C=O) groups excluding carboxylic acids is 1.